The van der Waals surface area contributed by atoms with Crippen molar-refractivity contribution in [1.29, 1.82) is 5.26 Å². The molecule has 0 atom stereocenters. The Morgan fingerprint density at radius 1 is 1.05 bits per heavy atom. The van der Waals surface area contributed by atoms with Crippen molar-refractivity contribution >= 4 is 0 Å². The fraction of sp³-hybridized carbons (Fsp3) is 0.133. The van der Waals surface area contributed by atoms with Crippen LogP contribution in [0.25, 0.3) is 11.1 Å². The summed E-state index contributed by atoms with van der Waals surface area (Å²) in [6.07, 6.45) is -4.96. The predicted molar refractivity (Wildman–Crippen MR) is 69.8 cm³/mol. The van der Waals surface area contributed by atoms with E-state index >= 15 is 0 Å². The molecule has 0 unspecified atom stereocenters. The molecule has 0 aliphatic rings. The van der Waals surface area contributed by atoms with E-state index < -0.39 is 17.9 Å². The van der Waals surface area contributed by atoms with E-state index in [2.05, 4.69) is 4.74 Å². The molecule has 0 radical (unpaired) electrons. The topological polar surface area (TPSA) is 42.2 Å². The first-order chi connectivity index (χ1) is 10.3. The number of hydrogen-bond acceptors (Lipinski definition) is 3. The number of rotatable bonds is 3. The van der Waals surface area contributed by atoms with Crippen LogP contribution in [-0.2, 0) is 0 Å². The maximum absolute atomic E-state index is 13.9. The lowest BCUT2D eigenvalue weighted by Crippen LogP contribution is -2.17. The van der Waals surface area contributed by atoms with Crippen molar-refractivity contribution in [1.82, 2.24) is 0 Å². The molecular formula is C15H9F4NO2. The summed E-state index contributed by atoms with van der Waals surface area (Å²) in [6, 6.07) is 8.74. The maximum atomic E-state index is 13.9. The number of nitrogens with zero attached hydrogens (tertiary/aromatic N) is 1. The molecule has 2 aromatic carbocycles. The molecule has 0 N–H and O–H groups in total. The van der Waals surface area contributed by atoms with Crippen molar-refractivity contribution in [2.75, 3.05) is 7.11 Å². The summed E-state index contributed by atoms with van der Waals surface area (Å²) in [4.78, 5) is 0. The van der Waals surface area contributed by atoms with E-state index in [1.165, 1.54) is 31.4 Å². The van der Waals surface area contributed by atoms with E-state index in [1.54, 1.807) is 6.07 Å². The number of methoxy groups -OCH3 is 1. The molecule has 2 rings (SSSR count). The zero-order chi connectivity index (χ0) is 16.3. The number of hydrogen-bond donors (Lipinski definition) is 0. The molecule has 0 spiro atoms. The van der Waals surface area contributed by atoms with Crippen molar-refractivity contribution in [3.63, 3.8) is 0 Å². The largest absolute Gasteiger partial charge is 0.573 e. The zero-order valence-electron chi connectivity index (χ0n) is 11.2. The molecule has 3 nitrogen and oxygen atoms in total. The molecule has 0 aliphatic carbocycles. The van der Waals surface area contributed by atoms with E-state index in [9.17, 15) is 17.6 Å². The first-order valence-electron chi connectivity index (χ1n) is 5.98. The minimum Gasteiger partial charge on any atom is -0.497 e. The van der Waals surface area contributed by atoms with E-state index in [4.69, 9.17) is 10.00 Å². The highest BCUT2D eigenvalue weighted by Gasteiger charge is 2.32. The van der Waals surface area contributed by atoms with Crippen LogP contribution in [0, 0.1) is 17.1 Å². The molecule has 0 bridgehead atoms. The molecule has 0 saturated carbocycles. The van der Waals surface area contributed by atoms with Gasteiger partial charge in [-0.05, 0) is 36.4 Å². The van der Waals surface area contributed by atoms with Gasteiger partial charge in [0.05, 0.1) is 18.7 Å². The fourth-order valence-electron chi connectivity index (χ4n) is 1.86. The molecule has 0 aliphatic heterocycles. The second-order valence-corrected chi connectivity index (χ2v) is 4.22. The van der Waals surface area contributed by atoms with Gasteiger partial charge >= 0.3 is 6.36 Å². The van der Waals surface area contributed by atoms with Crippen LogP contribution in [0.3, 0.4) is 0 Å². The molecule has 0 aromatic heterocycles. The number of ether oxygens (including phenoxy) is 2. The molecule has 22 heavy (non-hydrogen) atoms. The van der Waals surface area contributed by atoms with Crippen LogP contribution in [0.15, 0.2) is 36.4 Å². The van der Waals surface area contributed by atoms with Gasteiger partial charge in [0.1, 0.15) is 17.3 Å². The van der Waals surface area contributed by atoms with Gasteiger partial charge in [-0.2, -0.15) is 5.26 Å². The van der Waals surface area contributed by atoms with Gasteiger partial charge in [0, 0.05) is 11.1 Å². The van der Waals surface area contributed by atoms with Crippen molar-refractivity contribution in [3.8, 4) is 28.7 Å². The monoisotopic (exact) mass is 311 g/mol. The molecule has 7 heteroatoms. The predicted octanol–water partition coefficient (Wildman–Crippen LogP) is 4.27. The molecule has 0 heterocycles. The SMILES string of the molecule is COc1ccc(F)c(-c2ccc(C#N)cc2OC(F)(F)F)c1. The zero-order valence-corrected chi connectivity index (χ0v) is 11.2. The Balaban J connectivity index is 2.62. The summed E-state index contributed by atoms with van der Waals surface area (Å²) in [5.74, 6) is -1.12. The Bertz CT molecular complexity index is 735. The minimum atomic E-state index is -4.96. The summed E-state index contributed by atoms with van der Waals surface area (Å²) in [7, 11) is 1.35. The summed E-state index contributed by atoms with van der Waals surface area (Å²) in [5, 5.41) is 8.78. The van der Waals surface area contributed by atoms with Gasteiger partial charge in [-0.25, -0.2) is 4.39 Å². The Morgan fingerprint density at radius 2 is 1.77 bits per heavy atom. The van der Waals surface area contributed by atoms with Gasteiger partial charge in [0.15, 0.2) is 0 Å². The molecule has 2 aromatic rings. The standard InChI is InChI=1S/C15H9F4NO2/c1-21-10-3-5-13(16)12(7-10)11-4-2-9(8-20)6-14(11)22-15(17,18)19/h2-7H,1H3. The Labute approximate surface area is 123 Å². The third kappa shape index (κ3) is 3.47. The summed E-state index contributed by atoms with van der Waals surface area (Å²) < 4.78 is 60.2. The highest BCUT2D eigenvalue weighted by Crippen LogP contribution is 2.37. The van der Waals surface area contributed by atoms with Crippen molar-refractivity contribution in [3.05, 3.63) is 47.8 Å². The lowest BCUT2D eigenvalue weighted by atomic mass is 10.0. The summed E-state index contributed by atoms with van der Waals surface area (Å²) >= 11 is 0. The van der Waals surface area contributed by atoms with Crippen LogP contribution in [0.4, 0.5) is 17.6 Å². The molecule has 0 fully saturated rings. The van der Waals surface area contributed by atoms with Gasteiger partial charge in [-0.1, -0.05) is 0 Å². The normalized spacial score (nSPS) is 10.9. The Kier molecular flexibility index (Phi) is 4.22. The van der Waals surface area contributed by atoms with Crippen LogP contribution in [0.1, 0.15) is 5.56 Å². The minimum absolute atomic E-state index is 0.0358. The van der Waals surface area contributed by atoms with E-state index in [0.29, 0.717) is 0 Å². The van der Waals surface area contributed by atoms with Crippen LogP contribution < -0.4 is 9.47 Å². The van der Waals surface area contributed by atoms with Gasteiger partial charge in [-0.15, -0.1) is 13.2 Å². The number of alkyl halides is 3. The third-order valence-electron chi connectivity index (χ3n) is 2.80. The highest BCUT2D eigenvalue weighted by molar-refractivity contribution is 5.73. The highest BCUT2D eigenvalue weighted by atomic mass is 19.4. The Hall–Kier alpha value is -2.75. The first-order valence-corrected chi connectivity index (χ1v) is 5.98. The second kappa shape index (κ2) is 5.93. The third-order valence-corrected chi connectivity index (χ3v) is 2.80. The van der Waals surface area contributed by atoms with E-state index in [0.717, 1.165) is 12.1 Å². The lowest BCUT2D eigenvalue weighted by Gasteiger charge is -2.14. The van der Waals surface area contributed by atoms with Crippen LogP contribution in [0.5, 0.6) is 11.5 Å². The van der Waals surface area contributed by atoms with Crippen LogP contribution in [-0.4, -0.2) is 13.5 Å². The average molecular weight is 311 g/mol. The van der Waals surface area contributed by atoms with Crippen molar-refractivity contribution in [2.45, 2.75) is 6.36 Å². The second-order valence-electron chi connectivity index (χ2n) is 4.22. The molecular weight excluding hydrogens is 302 g/mol. The van der Waals surface area contributed by atoms with Crippen LogP contribution in [0.2, 0.25) is 0 Å². The first kappa shape index (κ1) is 15.6. The molecule has 0 amide bonds. The smallest absolute Gasteiger partial charge is 0.497 e. The van der Waals surface area contributed by atoms with Gasteiger partial charge < -0.3 is 9.47 Å². The Morgan fingerprint density at radius 3 is 2.36 bits per heavy atom. The van der Waals surface area contributed by atoms with Crippen LogP contribution >= 0.6 is 0 Å². The summed E-state index contributed by atoms with van der Waals surface area (Å²) in [5.41, 5.74) is -0.290. The summed E-state index contributed by atoms with van der Waals surface area (Å²) in [6.45, 7) is 0. The van der Waals surface area contributed by atoms with Crippen molar-refractivity contribution < 1.29 is 27.0 Å². The van der Waals surface area contributed by atoms with Gasteiger partial charge in [-0.3, -0.25) is 0 Å². The number of halogens is 4. The molecule has 0 saturated heterocycles. The fourth-order valence-corrected chi connectivity index (χ4v) is 1.86. The number of benzene rings is 2. The molecule has 114 valence electrons. The van der Waals surface area contributed by atoms with E-state index in [-0.39, 0.29) is 22.4 Å². The van der Waals surface area contributed by atoms with E-state index in [1.807, 2.05) is 0 Å². The van der Waals surface area contributed by atoms with Gasteiger partial charge in [0.2, 0.25) is 0 Å². The quantitative estimate of drug-likeness (QED) is 0.795. The van der Waals surface area contributed by atoms with Gasteiger partial charge in [0.25, 0.3) is 0 Å². The number of nitriles is 1. The average Bonchev–Trinajstić information content (AvgIpc) is 2.46. The van der Waals surface area contributed by atoms with Crippen molar-refractivity contribution in [2.24, 2.45) is 0 Å². The maximum Gasteiger partial charge on any atom is 0.573 e. The lowest BCUT2D eigenvalue weighted by molar-refractivity contribution is -0.274.